The minimum absolute atomic E-state index is 0.0103. The quantitative estimate of drug-likeness (QED) is 0.535. The molecule has 0 aromatic heterocycles. The maximum atomic E-state index is 14.1. The lowest BCUT2D eigenvalue weighted by Crippen LogP contribution is -2.22. The first kappa shape index (κ1) is 21.0. The van der Waals surface area contributed by atoms with Gasteiger partial charge in [-0.2, -0.15) is 0 Å². The third-order valence-corrected chi connectivity index (χ3v) is 4.56. The topological polar surface area (TPSA) is 70.2 Å². The first-order valence-electron chi connectivity index (χ1n) is 9.65. The number of rotatable bonds is 7. The molecule has 0 unspecified atom stereocenters. The Morgan fingerprint density at radius 1 is 0.833 bits per heavy atom. The minimum atomic E-state index is -0.540. The first-order chi connectivity index (χ1) is 14.4. The highest BCUT2D eigenvalue weighted by Gasteiger charge is 2.10. The Balaban J connectivity index is 1.57. The number of amides is 2. The van der Waals surface area contributed by atoms with Crippen LogP contribution in [0, 0.1) is 19.7 Å². The number of benzene rings is 3. The molecule has 0 saturated carbocycles. The van der Waals surface area contributed by atoms with E-state index in [0.717, 1.165) is 22.4 Å². The summed E-state index contributed by atoms with van der Waals surface area (Å²) >= 11 is 0. The molecular formula is C24H24FN3O2. The minimum Gasteiger partial charge on any atom is -0.376 e. The first-order valence-corrected chi connectivity index (χ1v) is 9.65. The SMILES string of the molecule is Cc1ccc(NC(=O)CNc2ccc(F)c(NC(=O)Cc3ccccc3)c2)c(C)c1. The highest BCUT2D eigenvalue weighted by atomic mass is 19.1. The van der Waals surface area contributed by atoms with Crippen molar-refractivity contribution in [2.75, 3.05) is 22.5 Å². The van der Waals surface area contributed by atoms with Gasteiger partial charge in [0.1, 0.15) is 5.82 Å². The molecule has 30 heavy (non-hydrogen) atoms. The molecule has 0 bridgehead atoms. The average molecular weight is 405 g/mol. The third-order valence-electron chi connectivity index (χ3n) is 4.56. The molecule has 0 saturated heterocycles. The van der Waals surface area contributed by atoms with Crippen molar-refractivity contribution in [3.8, 4) is 0 Å². The van der Waals surface area contributed by atoms with E-state index in [9.17, 15) is 14.0 Å². The predicted molar refractivity (Wildman–Crippen MR) is 118 cm³/mol. The van der Waals surface area contributed by atoms with Gasteiger partial charge in [0.05, 0.1) is 18.7 Å². The summed E-state index contributed by atoms with van der Waals surface area (Å²) in [5, 5.41) is 8.39. The monoisotopic (exact) mass is 405 g/mol. The van der Waals surface area contributed by atoms with Crippen molar-refractivity contribution in [2.45, 2.75) is 20.3 Å². The Bertz CT molecular complexity index is 1050. The second-order valence-electron chi connectivity index (χ2n) is 7.13. The van der Waals surface area contributed by atoms with Crippen molar-refractivity contribution in [3.05, 3.63) is 89.2 Å². The van der Waals surface area contributed by atoms with Gasteiger partial charge in [-0.15, -0.1) is 0 Å². The summed E-state index contributed by atoms with van der Waals surface area (Å²) in [6.07, 6.45) is 0.149. The zero-order chi connectivity index (χ0) is 21.5. The molecule has 0 aliphatic heterocycles. The molecule has 0 aliphatic rings. The second kappa shape index (κ2) is 9.69. The highest BCUT2D eigenvalue weighted by Crippen LogP contribution is 2.20. The van der Waals surface area contributed by atoms with E-state index in [-0.39, 0.29) is 30.5 Å². The number of aryl methyl sites for hydroxylation is 2. The summed E-state index contributed by atoms with van der Waals surface area (Å²) in [5.74, 6) is -1.08. The van der Waals surface area contributed by atoms with Gasteiger partial charge in [-0.3, -0.25) is 9.59 Å². The number of hydrogen-bond acceptors (Lipinski definition) is 3. The molecule has 0 aliphatic carbocycles. The van der Waals surface area contributed by atoms with E-state index < -0.39 is 5.82 Å². The van der Waals surface area contributed by atoms with Gasteiger partial charge in [-0.25, -0.2) is 4.39 Å². The van der Waals surface area contributed by atoms with E-state index in [0.29, 0.717) is 5.69 Å². The molecule has 3 N–H and O–H groups in total. The highest BCUT2D eigenvalue weighted by molar-refractivity contribution is 5.95. The molecule has 0 heterocycles. The van der Waals surface area contributed by atoms with Crippen LogP contribution in [0.2, 0.25) is 0 Å². The number of carbonyl (C=O) groups is 2. The van der Waals surface area contributed by atoms with Gasteiger partial charge < -0.3 is 16.0 Å². The van der Waals surface area contributed by atoms with Crippen LogP contribution in [0.5, 0.6) is 0 Å². The molecule has 0 fully saturated rings. The van der Waals surface area contributed by atoms with Gasteiger partial charge in [0.15, 0.2) is 0 Å². The molecule has 0 spiro atoms. The molecule has 3 aromatic rings. The smallest absolute Gasteiger partial charge is 0.243 e. The summed E-state index contributed by atoms with van der Waals surface area (Å²) in [6.45, 7) is 3.93. The van der Waals surface area contributed by atoms with Gasteiger partial charge in [-0.1, -0.05) is 48.0 Å². The molecule has 0 radical (unpaired) electrons. The fourth-order valence-corrected chi connectivity index (χ4v) is 3.04. The molecule has 154 valence electrons. The number of anilines is 3. The van der Waals surface area contributed by atoms with Crippen LogP contribution < -0.4 is 16.0 Å². The summed E-state index contributed by atoms with van der Waals surface area (Å²) < 4.78 is 14.1. The van der Waals surface area contributed by atoms with Crippen molar-refractivity contribution in [2.24, 2.45) is 0 Å². The lowest BCUT2D eigenvalue weighted by molar-refractivity contribution is -0.116. The Hall–Kier alpha value is -3.67. The van der Waals surface area contributed by atoms with E-state index in [1.807, 2.05) is 62.4 Å². The van der Waals surface area contributed by atoms with Crippen LogP contribution in [0.4, 0.5) is 21.5 Å². The van der Waals surface area contributed by atoms with Gasteiger partial charge in [-0.05, 0) is 49.2 Å². The second-order valence-corrected chi connectivity index (χ2v) is 7.13. The van der Waals surface area contributed by atoms with E-state index in [2.05, 4.69) is 16.0 Å². The molecule has 3 aromatic carbocycles. The Morgan fingerprint density at radius 3 is 2.30 bits per heavy atom. The molecule has 5 nitrogen and oxygen atoms in total. The fraction of sp³-hybridized carbons (Fsp3) is 0.167. The van der Waals surface area contributed by atoms with Crippen LogP contribution in [0.25, 0.3) is 0 Å². The van der Waals surface area contributed by atoms with Crippen molar-refractivity contribution >= 4 is 28.9 Å². The summed E-state index contributed by atoms with van der Waals surface area (Å²) in [6, 6.07) is 19.3. The normalized spacial score (nSPS) is 10.4. The fourth-order valence-electron chi connectivity index (χ4n) is 3.04. The lowest BCUT2D eigenvalue weighted by atomic mass is 10.1. The molecule has 6 heteroatoms. The van der Waals surface area contributed by atoms with Crippen LogP contribution in [0.3, 0.4) is 0 Å². The van der Waals surface area contributed by atoms with E-state index >= 15 is 0 Å². The van der Waals surface area contributed by atoms with Crippen molar-refractivity contribution in [1.82, 2.24) is 0 Å². The third kappa shape index (κ3) is 5.91. The summed E-state index contributed by atoms with van der Waals surface area (Å²) in [4.78, 5) is 24.4. The predicted octanol–water partition coefficient (Wildman–Crippen LogP) is 4.67. The largest absolute Gasteiger partial charge is 0.376 e. The zero-order valence-corrected chi connectivity index (χ0v) is 17.0. The van der Waals surface area contributed by atoms with E-state index in [1.165, 1.54) is 18.2 Å². The van der Waals surface area contributed by atoms with Crippen molar-refractivity contribution < 1.29 is 14.0 Å². The van der Waals surface area contributed by atoms with E-state index in [1.54, 1.807) is 0 Å². The maximum absolute atomic E-state index is 14.1. The van der Waals surface area contributed by atoms with Crippen LogP contribution in [-0.2, 0) is 16.0 Å². The van der Waals surface area contributed by atoms with Gasteiger partial charge in [0.25, 0.3) is 0 Å². The maximum Gasteiger partial charge on any atom is 0.243 e. The molecular weight excluding hydrogens is 381 g/mol. The van der Waals surface area contributed by atoms with Gasteiger partial charge in [0.2, 0.25) is 11.8 Å². The molecule has 2 amide bonds. The summed E-state index contributed by atoms with van der Waals surface area (Å²) in [5.41, 5.74) is 4.29. The standard InChI is InChI=1S/C24H24FN3O2/c1-16-8-11-21(17(2)12-16)27-24(30)15-26-19-9-10-20(25)22(14-19)28-23(29)13-18-6-4-3-5-7-18/h3-12,14,26H,13,15H2,1-2H3,(H,27,30)(H,28,29). The van der Waals surface area contributed by atoms with Gasteiger partial charge in [0, 0.05) is 11.4 Å². The van der Waals surface area contributed by atoms with E-state index in [4.69, 9.17) is 0 Å². The molecule has 3 rings (SSSR count). The number of hydrogen-bond donors (Lipinski definition) is 3. The van der Waals surface area contributed by atoms with Crippen LogP contribution in [-0.4, -0.2) is 18.4 Å². The Labute approximate surface area is 175 Å². The van der Waals surface area contributed by atoms with Crippen LogP contribution >= 0.6 is 0 Å². The van der Waals surface area contributed by atoms with Crippen molar-refractivity contribution in [1.29, 1.82) is 0 Å². The Kier molecular flexibility index (Phi) is 6.80. The zero-order valence-electron chi connectivity index (χ0n) is 17.0. The van der Waals surface area contributed by atoms with Crippen LogP contribution in [0.1, 0.15) is 16.7 Å². The Morgan fingerprint density at radius 2 is 1.57 bits per heavy atom. The number of nitrogens with one attached hydrogen (secondary N) is 3. The van der Waals surface area contributed by atoms with Gasteiger partial charge >= 0.3 is 0 Å². The van der Waals surface area contributed by atoms with Crippen LogP contribution in [0.15, 0.2) is 66.7 Å². The number of halogens is 1. The number of carbonyl (C=O) groups excluding carboxylic acids is 2. The lowest BCUT2D eigenvalue weighted by Gasteiger charge is -2.12. The summed E-state index contributed by atoms with van der Waals surface area (Å²) in [7, 11) is 0. The van der Waals surface area contributed by atoms with Crippen molar-refractivity contribution in [3.63, 3.8) is 0 Å². The molecule has 0 atom stereocenters. The average Bonchev–Trinajstić information content (AvgIpc) is 2.71.